The molecule has 2 fully saturated rings. The van der Waals surface area contributed by atoms with Crippen molar-refractivity contribution in [1.29, 1.82) is 0 Å². The van der Waals surface area contributed by atoms with Crippen LogP contribution in [0.2, 0.25) is 0 Å². The summed E-state index contributed by atoms with van der Waals surface area (Å²) in [4.78, 5) is 0. The minimum absolute atomic E-state index is 0.100. The first-order chi connectivity index (χ1) is 15.1. The SMILES string of the molecule is CC(C)=CCC[C@@H](C)[C@H]1CC[C@@]2(C)C3=C(CC[C@]12C)[C@@]1(C)CC(C)C(O)(O)C(C)(C)C1CC3. The fourth-order valence-corrected chi connectivity index (χ4v) is 10.00. The molecule has 0 aromatic carbocycles. The summed E-state index contributed by atoms with van der Waals surface area (Å²) < 4.78 is 0. The zero-order chi connectivity index (χ0) is 24.6. The standard InChI is InChI=1S/C31H52O2/c1-20(2)11-10-12-21(3)23-15-17-30(9)25-13-14-26-27(5,6)31(32,33)22(4)19-28(26,7)24(25)16-18-29(23,30)8/h11,21-23,26,32-33H,10,12-19H2,1-9H3/t21-,22?,23-,26?,28-,29-,30+/m1/s1. The first kappa shape index (κ1) is 25.5. The summed E-state index contributed by atoms with van der Waals surface area (Å²) in [5.41, 5.74) is 5.28. The maximum absolute atomic E-state index is 11.1. The molecule has 2 nitrogen and oxygen atoms in total. The third-order valence-corrected chi connectivity index (χ3v) is 12.2. The van der Waals surface area contributed by atoms with Crippen molar-refractivity contribution < 1.29 is 10.2 Å². The Kier molecular flexibility index (Phi) is 6.14. The summed E-state index contributed by atoms with van der Waals surface area (Å²) in [5, 5.41) is 22.2. The molecular formula is C31H52O2. The maximum Gasteiger partial charge on any atom is 0.170 e. The molecule has 188 valence electrons. The van der Waals surface area contributed by atoms with Crippen LogP contribution in [-0.2, 0) is 0 Å². The van der Waals surface area contributed by atoms with Gasteiger partial charge >= 0.3 is 0 Å². The Hall–Kier alpha value is -0.600. The Morgan fingerprint density at radius 3 is 2.30 bits per heavy atom. The van der Waals surface area contributed by atoms with Gasteiger partial charge in [0.15, 0.2) is 5.79 Å². The molecule has 0 bridgehead atoms. The van der Waals surface area contributed by atoms with Crippen LogP contribution in [0.1, 0.15) is 120 Å². The lowest BCUT2D eigenvalue weighted by Crippen LogP contribution is -2.63. The first-order valence-corrected chi connectivity index (χ1v) is 13.9. The van der Waals surface area contributed by atoms with Gasteiger partial charge in [0.2, 0.25) is 0 Å². The molecule has 0 aromatic heterocycles. The second-order valence-corrected chi connectivity index (χ2v) is 14.2. The van der Waals surface area contributed by atoms with E-state index in [2.05, 4.69) is 68.4 Å². The lowest BCUT2D eigenvalue weighted by Gasteiger charge is -2.65. The molecule has 4 aliphatic carbocycles. The highest BCUT2D eigenvalue weighted by molar-refractivity contribution is 5.39. The number of fused-ring (bicyclic) bond motifs is 4. The largest absolute Gasteiger partial charge is 0.365 e. The highest BCUT2D eigenvalue weighted by Gasteiger charge is 2.66. The molecule has 7 atom stereocenters. The average molecular weight is 457 g/mol. The van der Waals surface area contributed by atoms with Crippen LogP contribution in [0.5, 0.6) is 0 Å². The molecule has 0 aromatic rings. The van der Waals surface area contributed by atoms with E-state index in [-0.39, 0.29) is 11.3 Å². The second-order valence-electron chi connectivity index (χ2n) is 14.2. The summed E-state index contributed by atoms with van der Waals surface area (Å²) in [5.74, 6) is 0.245. The normalized spacial score (nSPS) is 44.5. The highest BCUT2D eigenvalue weighted by Crippen LogP contribution is 2.73. The lowest BCUT2D eigenvalue weighted by atomic mass is 9.41. The van der Waals surface area contributed by atoms with Gasteiger partial charge in [-0.1, -0.05) is 71.3 Å². The van der Waals surface area contributed by atoms with Gasteiger partial charge in [0, 0.05) is 11.3 Å². The zero-order valence-corrected chi connectivity index (χ0v) is 23.1. The van der Waals surface area contributed by atoms with Gasteiger partial charge in [0.05, 0.1) is 0 Å². The molecule has 0 amide bonds. The molecule has 4 aliphatic rings. The van der Waals surface area contributed by atoms with Crippen LogP contribution in [0.15, 0.2) is 22.8 Å². The fourth-order valence-electron chi connectivity index (χ4n) is 10.00. The molecule has 2 N–H and O–H groups in total. The Morgan fingerprint density at radius 1 is 1.00 bits per heavy atom. The van der Waals surface area contributed by atoms with Gasteiger partial charge in [0.1, 0.15) is 0 Å². The highest BCUT2D eigenvalue weighted by atomic mass is 16.5. The molecule has 2 unspecified atom stereocenters. The van der Waals surface area contributed by atoms with Crippen LogP contribution < -0.4 is 0 Å². The monoisotopic (exact) mass is 456 g/mol. The van der Waals surface area contributed by atoms with Gasteiger partial charge in [-0.05, 0) is 106 Å². The van der Waals surface area contributed by atoms with Crippen LogP contribution >= 0.6 is 0 Å². The van der Waals surface area contributed by atoms with Crippen molar-refractivity contribution in [2.45, 2.75) is 126 Å². The Balaban J connectivity index is 1.68. The first-order valence-electron chi connectivity index (χ1n) is 13.9. The minimum atomic E-state index is -1.58. The van der Waals surface area contributed by atoms with Crippen molar-refractivity contribution in [2.24, 2.45) is 45.3 Å². The van der Waals surface area contributed by atoms with Crippen molar-refractivity contribution in [1.82, 2.24) is 0 Å². The third-order valence-electron chi connectivity index (χ3n) is 12.2. The van der Waals surface area contributed by atoms with E-state index >= 15 is 0 Å². The summed E-state index contributed by atoms with van der Waals surface area (Å²) in [7, 11) is 0. The summed E-state index contributed by atoms with van der Waals surface area (Å²) in [6.45, 7) is 21.0. The van der Waals surface area contributed by atoms with Crippen molar-refractivity contribution in [3.8, 4) is 0 Å². The van der Waals surface area contributed by atoms with Crippen molar-refractivity contribution in [2.75, 3.05) is 0 Å². The summed E-state index contributed by atoms with van der Waals surface area (Å²) in [6, 6.07) is 0. The lowest BCUT2D eigenvalue weighted by molar-refractivity contribution is -0.314. The fraction of sp³-hybridized carbons (Fsp3) is 0.871. The van der Waals surface area contributed by atoms with Crippen LogP contribution in [0.3, 0.4) is 0 Å². The van der Waals surface area contributed by atoms with E-state index in [1.807, 2.05) is 0 Å². The molecule has 4 rings (SSSR count). The van der Waals surface area contributed by atoms with E-state index in [0.717, 1.165) is 31.1 Å². The van der Waals surface area contributed by atoms with Gasteiger partial charge in [-0.25, -0.2) is 0 Å². The predicted octanol–water partition coefficient (Wildman–Crippen LogP) is 8.05. The topological polar surface area (TPSA) is 40.5 Å². The van der Waals surface area contributed by atoms with E-state index in [0.29, 0.717) is 16.7 Å². The van der Waals surface area contributed by atoms with Gasteiger partial charge in [-0.2, -0.15) is 0 Å². The zero-order valence-electron chi connectivity index (χ0n) is 23.1. The molecule has 0 aliphatic heterocycles. The molecule has 2 heteroatoms. The molecule has 0 saturated heterocycles. The Labute approximate surface area is 204 Å². The molecule has 33 heavy (non-hydrogen) atoms. The van der Waals surface area contributed by atoms with Crippen LogP contribution in [0.25, 0.3) is 0 Å². The average Bonchev–Trinajstić information content (AvgIpc) is 2.98. The van der Waals surface area contributed by atoms with Crippen LogP contribution in [-0.4, -0.2) is 16.0 Å². The van der Waals surface area contributed by atoms with Crippen molar-refractivity contribution >= 4 is 0 Å². The van der Waals surface area contributed by atoms with Gasteiger partial charge in [-0.15, -0.1) is 0 Å². The molecular weight excluding hydrogens is 404 g/mol. The molecule has 2 saturated carbocycles. The smallest absolute Gasteiger partial charge is 0.170 e. The number of allylic oxidation sites excluding steroid dienone is 4. The molecule has 0 heterocycles. The van der Waals surface area contributed by atoms with Gasteiger partial charge in [0.25, 0.3) is 0 Å². The summed E-state index contributed by atoms with van der Waals surface area (Å²) >= 11 is 0. The maximum atomic E-state index is 11.1. The number of rotatable bonds is 4. The van der Waals surface area contributed by atoms with E-state index in [1.54, 1.807) is 11.1 Å². The molecule has 0 spiro atoms. The molecule has 0 radical (unpaired) electrons. The van der Waals surface area contributed by atoms with Crippen LogP contribution in [0.4, 0.5) is 0 Å². The Bertz CT molecular complexity index is 843. The van der Waals surface area contributed by atoms with E-state index < -0.39 is 11.2 Å². The van der Waals surface area contributed by atoms with E-state index in [4.69, 9.17) is 0 Å². The number of hydrogen-bond acceptors (Lipinski definition) is 2. The van der Waals surface area contributed by atoms with Gasteiger partial charge in [-0.3, -0.25) is 0 Å². The Morgan fingerprint density at radius 2 is 1.67 bits per heavy atom. The van der Waals surface area contributed by atoms with Gasteiger partial charge < -0.3 is 10.2 Å². The number of hydrogen-bond donors (Lipinski definition) is 2. The van der Waals surface area contributed by atoms with E-state index in [1.165, 1.54) is 44.1 Å². The van der Waals surface area contributed by atoms with Crippen molar-refractivity contribution in [3.05, 3.63) is 22.8 Å². The summed E-state index contributed by atoms with van der Waals surface area (Å²) in [6.07, 6.45) is 13.4. The minimum Gasteiger partial charge on any atom is -0.365 e. The quantitative estimate of drug-likeness (QED) is 0.332. The predicted molar refractivity (Wildman–Crippen MR) is 139 cm³/mol. The third kappa shape index (κ3) is 3.40. The van der Waals surface area contributed by atoms with Crippen LogP contribution in [0, 0.1) is 45.3 Å². The van der Waals surface area contributed by atoms with E-state index in [9.17, 15) is 10.2 Å². The van der Waals surface area contributed by atoms with Crippen molar-refractivity contribution in [3.63, 3.8) is 0 Å². The second kappa shape index (κ2) is 7.95. The number of aliphatic hydroxyl groups is 2.